The topological polar surface area (TPSA) is 30.5 Å². The normalized spacial score (nSPS) is 20.3. The molecule has 1 heterocycles. The van der Waals surface area contributed by atoms with Crippen molar-refractivity contribution < 1.29 is 9.47 Å². The van der Waals surface area contributed by atoms with E-state index in [1.165, 1.54) is 24.0 Å². The highest BCUT2D eigenvalue weighted by molar-refractivity contribution is 5.39. The summed E-state index contributed by atoms with van der Waals surface area (Å²) in [6.45, 7) is 0.839. The van der Waals surface area contributed by atoms with Crippen LogP contribution >= 0.6 is 0 Å². The smallest absolute Gasteiger partial charge is 0.122 e. The summed E-state index contributed by atoms with van der Waals surface area (Å²) in [6.07, 6.45) is 6.32. The van der Waals surface area contributed by atoms with Crippen LogP contribution in [0.1, 0.15) is 30.4 Å². The van der Waals surface area contributed by atoms with E-state index in [9.17, 15) is 0 Å². The monoisotopic (exact) mass is 275 g/mol. The molecule has 1 aromatic rings. The van der Waals surface area contributed by atoms with Crippen LogP contribution in [0.25, 0.3) is 0 Å². The number of aryl methyl sites for hydroxylation is 1. The molecule has 0 radical (unpaired) electrons. The summed E-state index contributed by atoms with van der Waals surface area (Å²) in [5.74, 6) is 1.84. The third-order valence-electron chi connectivity index (χ3n) is 4.62. The average Bonchev–Trinajstić information content (AvgIpc) is 3.20. The summed E-state index contributed by atoms with van der Waals surface area (Å²) in [4.78, 5) is 0. The van der Waals surface area contributed by atoms with Crippen LogP contribution in [0, 0.1) is 5.92 Å². The zero-order valence-corrected chi connectivity index (χ0v) is 12.5. The molecule has 1 aliphatic heterocycles. The summed E-state index contributed by atoms with van der Waals surface area (Å²) < 4.78 is 11.3. The highest BCUT2D eigenvalue weighted by Crippen LogP contribution is 2.36. The van der Waals surface area contributed by atoms with Gasteiger partial charge in [0.2, 0.25) is 0 Å². The van der Waals surface area contributed by atoms with Gasteiger partial charge in [-0.2, -0.15) is 0 Å². The minimum absolute atomic E-state index is 0.373. The average molecular weight is 275 g/mol. The molecule has 1 fully saturated rings. The van der Waals surface area contributed by atoms with E-state index in [0.717, 1.165) is 37.5 Å². The number of rotatable bonds is 7. The Balaban J connectivity index is 1.59. The first-order valence-corrected chi connectivity index (χ1v) is 7.76. The second-order valence-corrected chi connectivity index (χ2v) is 6.01. The first-order valence-electron chi connectivity index (χ1n) is 7.76. The molecule has 0 bridgehead atoms. The maximum absolute atomic E-state index is 5.71. The van der Waals surface area contributed by atoms with Crippen LogP contribution in [0.3, 0.4) is 0 Å². The van der Waals surface area contributed by atoms with Crippen molar-refractivity contribution in [2.24, 2.45) is 5.92 Å². The fourth-order valence-electron chi connectivity index (χ4n) is 3.30. The number of hydrogen-bond donors (Lipinski definition) is 1. The van der Waals surface area contributed by atoms with E-state index >= 15 is 0 Å². The van der Waals surface area contributed by atoms with E-state index in [2.05, 4.69) is 30.6 Å². The summed E-state index contributed by atoms with van der Waals surface area (Å²) >= 11 is 0. The SMILES string of the molecule is CNC(CCc1ccc2c(c1)CCO2)C(OC)C1CC1. The van der Waals surface area contributed by atoms with E-state index in [1.807, 2.05) is 7.11 Å². The first-order chi connectivity index (χ1) is 9.81. The molecule has 2 aliphatic rings. The van der Waals surface area contributed by atoms with E-state index in [4.69, 9.17) is 9.47 Å². The lowest BCUT2D eigenvalue weighted by molar-refractivity contribution is 0.0508. The molecule has 3 rings (SSSR count). The summed E-state index contributed by atoms with van der Waals surface area (Å²) in [6, 6.07) is 7.10. The summed E-state index contributed by atoms with van der Waals surface area (Å²) in [5, 5.41) is 3.45. The fraction of sp³-hybridized carbons (Fsp3) is 0.647. The van der Waals surface area contributed by atoms with Gasteiger partial charge >= 0.3 is 0 Å². The number of hydrogen-bond acceptors (Lipinski definition) is 3. The number of nitrogens with one attached hydrogen (secondary N) is 1. The van der Waals surface area contributed by atoms with Gasteiger partial charge in [-0.3, -0.25) is 0 Å². The van der Waals surface area contributed by atoms with Crippen molar-refractivity contribution in [1.82, 2.24) is 5.32 Å². The molecule has 3 heteroatoms. The highest BCUT2D eigenvalue weighted by Gasteiger charge is 2.35. The van der Waals surface area contributed by atoms with Crippen molar-refractivity contribution >= 4 is 0 Å². The standard InChI is InChI=1S/C17H25NO2/c1-18-15(17(19-2)13-5-6-13)7-3-12-4-8-16-14(11-12)9-10-20-16/h4,8,11,13,15,17-18H,3,5-7,9-10H2,1-2H3. The van der Waals surface area contributed by atoms with E-state index in [0.29, 0.717) is 12.1 Å². The molecule has 3 nitrogen and oxygen atoms in total. The minimum Gasteiger partial charge on any atom is -0.493 e. The second kappa shape index (κ2) is 6.15. The van der Waals surface area contributed by atoms with Gasteiger partial charge in [0.1, 0.15) is 5.75 Å². The number of likely N-dealkylation sites (N-methyl/N-ethyl adjacent to an activating group) is 1. The Morgan fingerprint density at radius 2 is 2.25 bits per heavy atom. The van der Waals surface area contributed by atoms with Gasteiger partial charge in [-0.1, -0.05) is 12.1 Å². The van der Waals surface area contributed by atoms with Gasteiger partial charge in [0.05, 0.1) is 12.7 Å². The zero-order chi connectivity index (χ0) is 13.9. The van der Waals surface area contributed by atoms with Crippen LogP contribution in [-0.4, -0.2) is 32.9 Å². The summed E-state index contributed by atoms with van der Waals surface area (Å²) in [5.41, 5.74) is 2.79. The molecule has 0 aromatic heterocycles. The lowest BCUT2D eigenvalue weighted by Gasteiger charge is -2.25. The Labute approximate surface area is 121 Å². The van der Waals surface area contributed by atoms with E-state index in [1.54, 1.807) is 0 Å². The van der Waals surface area contributed by atoms with Gasteiger partial charge < -0.3 is 14.8 Å². The molecule has 0 amide bonds. The number of benzene rings is 1. The highest BCUT2D eigenvalue weighted by atomic mass is 16.5. The van der Waals surface area contributed by atoms with Crippen LogP contribution in [0.2, 0.25) is 0 Å². The molecular formula is C17H25NO2. The molecule has 2 unspecified atom stereocenters. The molecule has 2 atom stereocenters. The van der Waals surface area contributed by atoms with Gasteiger partial charge in [-0.25, -0.2) is 0 Å². The Kier molecular flexibility index (Phi) is 4.27. The van der Waals surface area contributed by atoms with Crippen LogP contribution in [-0.2, 0) is 17.6 Å². The molecule has 110 valence electrons. The first kappa shape index (κ1) is 13.9. The van der Waals surface area contributed by atoms with Crippen LogP contribution < -0.4 is 10.1 Å². The third-order valence-corrected chi connectivity index (χ3v) is 4.62. The molecule has 1 aromatic carbocycles. The molecule has 1 saturated carbocycles. The van der Waals surface area contributed by atoms with Crippen molar-refractivity contribution in [3.8, 4) is 5.75 Å². The Bertz CT molecular complexity index is 456. The Hall–Kier alpha value is -1.06. The predicted molar refractivity (Wildman–Crippen MR) is 80.3 cm³/mol. The van der Waals surface area contributed by atoms with Gasteiger partial charge in [0.25, 0.3) is 0 Å². The van der Waals surface area contributed by atoms with E-state index in [-0.39, 0.29) is 0 Å². The molecular weight excluding hydrogens is 250 g/mol. The summed E-state index contributed by atoms with van der Waals surface area (Å²) in [7, 11) is 3.90. The van der Waals surface area contributed by atoms with Crippen molar-refractivity contribution in [3.05, 3.63) is 29.3 Å². The van der Waals surface area contributed by atoms with Gasteiger partial charge in [-0.05, 0) is 55.8 Å². The quantitative estimate of drug-likeness (QED) is 0.829. The molecule has 0 spiro atoms. The third kappa shape index (κ3) is 2.99. The van der Waals surface area contributed by atoms with E-state index < -0.39 is 0 Å². The van der Waals surface area contributed by atoms with Gasteiger partial charge in [-0.15, -0.1) is 0 Å². The predicted octanol–water partition coefficient (Wildman–Crippen LogP) is 2.57. The molecule has 1 aliphatic carbocycles. The van der Waals surface area contributed by atoms with Crippen LogP contribution in [0.15, 0.2) is 18.2 Å². The van der Waals surface area contributed by atoms with Gasteiger partial charge in [0, 0.05) is 19.6 Å². The second-order valence-electron chi connectivity index (χ2n) is 6.01. The Morgan fingerprint density at radius 3 is 2.95 bits per heavy atom. The maximum atomic E-state index is 5.71. The fourth-order valence-corrected chi connectivity index (χ4v) is 3.30. The number of fused-ring (bicyclic) bond motifs is 1. The van der Waals surface area contributed by atoms with Crippen molar-refractivity contribution in [3.63, 3.8) is 0 Å². The zero-order valence-electron chi connectivity index (χ0n) is 12.5. The Morgan fingerprint density at radius 1 is 1.40 bits per heavy atom. The van der Waals surface area contributed by atoms with Crippen molar-refractivity contribution in [1.29, 1.82) is 0 Å². The number of methoxy groups -OCH3 is 1. The van der Waals surface area contributed by atoms with Crippen LogP contribution in [0.5, 0.6) is 5.75 Å². The maximum Gasteiger partial charge on any atom is 0.122 e. The van der Waals surface area contributed by atoms with Gasteiger partial charge in [0.15, 0.2) is 0 Å². The number of ether oxygens (including phenoxy) is 2. The van der Waals surface area contributed by atoms with Crippen LogP contribution in [0.4, 0.5) is 0 Å². The largest absolute Gasteiger partial charge is 0.493 e. The lowest BCUT2D eigenvalue weighted by atomic mass is 9.97. The minimum atomic E-state index is 0.373. The van der Waals surface area contributed by atoms with Crippen molar-refractivity contribution in [2.45, 2.75) is 44.2 Å². The molecule has 1 N–H and O–H groups in total. The van der Waals surface area contributed by atoms with Crippen molar-refractivity contribution in [2.75, 3.05) is 20.8 Å². The lowest BCUT2D eigenvalue weighted by Crippen LogP contribution is -2.40. The molecule has 0 saturated heterocycles. The molecule has 20 heavy (non-hydrogen) atoms.